The summed E-state index contributed by atoms with van der Waals surface area (Å²) < 4.78 is 210. The Morgan fingerprint density at radius 3 is 0.632 bits per heavy atom. The number of hydrogen-bond acceptors (Lipinski definition) is 8. The third kappa shape index (κ3) is 11.8. The third-order valence-corrected chi connectivity index (χ3v) is 26.9. The molecule has 0 radical (unpaired) electrons. The summed E-state index contributed by atoms with van der Waals surface area (Å²) in [6.07, 6.45) is -17.2. The number of thiophene rings is 4. The Labute approximate surface area is 619 Å². The summed E-state index contributed by atoms with van der Waals surface area (Å²) in [6, 6.07) is 50.6. The third-order valence-electron chi connectivity index (χ3n) is 22.0. The summed E-state index contributed by atoms with van der Waals surface area (Å²) in [5, 5.41) is 0. The van der Waals surface area contributed by atoms with E-state index in [-0.39, 0.29) is 45.3 Å². The van der Waals surface area contributed by atoms with Crippen molar-refractivity contribution >= 4 is 45.3 Å². The van der Waals surface area contributed by atoms with E-state index in [0.717, 1.165) is 68.8 Å². The second-order valence-electron chi connectivity index (χ2n) is 31.1. The lowest BCUT2D eigenvalue weighted by Crippen LogP contribution is -2.27. The molecule has 12 aromatic rings. The van der Waals surface area contributed by atoms with Crippen molar-refractivity contribution in [3.8, 4) is 107 Å². The van der Waals surface area contributed by atoms with Gasteiger partial charge >= 0.3 is 24.7 Å². The fourth-order valence-corrected chi connectivity index (χ4v) is 22.0. The molecule has 4 aromatic heterocycles. The maximum Gasteiger partial charge on any atom is 0.420 e. The first kappa shape index (κ1) is 69.9. The van der Waals surface area contributed by atoms with E-state index in [4.69, 9.17) is 18.9 Å². The van der Waals surface area contributed by atoms with E-state index in [2.05, 4.69) is 55.4 Å². The van der Waals surface area contributed by atoms with E-state index in [0.29, 0.717) is 64.7 Å². The van der Waals surface area contributed by atoms with Gasteiger partial charge in [0, 0.05) is 49.8 Å². The number of hydrogen-bond donors (Lipinski definition) is 0. The minimum atomic E-state index is -4.87. The summed E-state index contributed by atoms with van der Waals surface area (Å²) in [5.41, 5.74) is 0.571. The van der Waals surface area contributed by atoms with Gasteiger partial charge in [-0.2, -0.15) is 52.7 Å². The van der Waals surface area contributed by atoms with E-state index in [9.17, 15) is 0 Å². The number of rotatable bonds is 0. The van der Waals surface area contributed by atoms with Crippen molar-refractivity contribution < 1.29 is 71.6 Å². The molecule has 4 aliphatic carbocycles. The van der Waals surface area contributed by atoms with Crippen LogP contribution in [0.3, 0.4) is 0 Å². The molecule has 0 fully saturated rings. The van der Waals surface area contributed by atoms with E-state index >= 15 is 52.7 Å². The first-order valence-corrected chi connectivity index (χ1v) is 37.7. The number of alkyl halides is 12. The van der Waals surface area contributed by atoms with Gasteiger partial charge in [-0.3, -0.25) is 0 Å². The molecule has 106 heavy (non-hydrogen) atoms. The zero-order valence-corrected chi connectivity index (χ0v) is 61.4. The minimum Gasteiger partial charge on any atom is -0.457 e. The minimum absolute atomic E-state index is 0.149. The van der Waals surface area contributed by atoms with Crippen LogP contribution in [0.5, 0.6) is 46.0 Å². The van der Waals surface area contributed by atoms with Crippen molar-refractivity contribution in [3.63, 3.8) is 0 Å². The molecule has 0 unspecified atom stereocenters. The molecule has 2 spiro atoms. The van der Waals surface area contributed by atoms with Gasteiger partial charge in [-0.05, 0) is 284 Å². The smallest absolute Gasteiger partial charge is 0.420 e. The largest absolute Gasteiger partial charge is 0.457 e. The average Bonchev–Trinajstić information content (AvgIpc) is 1.53. The van der Waals surface area contributed by atoms with Crippen LogP contribution in [-0.4, -0.2) is 0 Å². The normalized spacial score (nSPS) is 17.5. The molecular formula is C86H64F12O4S4. The molecule has 11 aliphatic rings. The van der Waals surface area contributed by atoms with Gasteiger partial charge < -0.3 is 18.9 Å². The van der Waals surface area contributed by atoms with Crippen LogP contribution < -0.4 is 18.9 Å². The quantitative estimate of drug-likeness (QED) is 0.142. The van der Waals surface area contributed by atoms with Crippen LogP contribution in [0.2, 0.25) is 0 Å². The van der Waals surface area contributed by atoms with E-state index in [1.807, 2.05) is 24.3 Å². The second kappa shape index (κ2) is 23.7. The zero-order chi connectivity index (χ0) is 74.6. The van der Waals surface area contributed by atoms with Gasteiger partial charge in [-0.15, -0.1) is 45.3 Å². The van der Waals surface area contributed by atoms with Crippen molar-refractivity contribution in [1.29, 1.82) is 0 Å². The lowest BCUT2D eigenvalue weighted by Gasteiger charge is -2.31. The Balaban J connectivity index is 0.765. The summed E-state index contributed by atoms with van der Waals surface area (Å²) in [5.74, 6) is -1.14. The maximum absolute atomic E-state index is 15.4. The molecule has 20 heteroatoms. The molecule has 8 aromatic carbocycles. The topological polar surface area (TPSA) is 36.9 Å². The van der Waals surface area contributed by atoms with E-state index in [1.165, 1.54) is 69.6 Å². The summed E-state index contributed by atoms with van der Waals surface area (Å²) in [6.45, 7) is 16.7. The van der Waals surface area contributed by atoms with Crippen LogP contribution in [0.25, 0.3) is 61.3 Å². The maximum atomic E-state index is 15.4. The Morgan fingerprint density at radius 1 is 0.236 bits per heavy atom. The number of benzene rings is 8. The van der Waals surface area contributed by atoms with Gasteiger partial charge in [0.1, 0.15) is 46.0 Å². The van der Waals surface area contributed by atoms with Crippen molar-refractivity contribution in [1.82, 2.24) is 0 Å². The molecule has 4 nitrogen and oxygen atoms in total. The highest BCUT2D eigenvalue weighted by Crippen LogP contribution is 2.66. The van der Waals surface area contributed by atoms with E-state index < -0.39 is 102 Å². The van der Waals surface area contributed by atoms with Crippen molar-refractivity contribution in [2.45, 2.75) is 138 Å². The zero-order valence-electron chi connectivity index (χ0n) is 58.1. The molecule has 0 saturated heterocycles. The summed E-state index contributed by atoms with van der Waals surface area (Å²) >= 11 is 4.89. The van der Waals surface area contributed by atoms with E-state index in [1.54, 1.807) is 121 Å². The van der Waals surface area contributed by atoms with Gasteiger partial charge in [0.05, 0.1) is 22.3 Å². The van der Waals surface area contributed by atoms with Crippen LogP contribution >= 0.6 is 45.3 Å². The lowest BCUT2D eigenvalue weighted by atomic mass is 9.72. The second-order valence-corrected chi connectivity index (χ2v) is 35.5. The average molecular weight is 1520 g/mol. The van der Waals surface area contributed by atoms with Gasteiger partial charge in [-0.1, -0.05) is 79.7 Å². The first-order valence-electron chi connectivity index (χ1n) is 34.4. The highest BCUT2D eigenvalue weighted by Gasteiger charge is 2.59. The molecule has 11 heterocycles. The molecular weight excluding hydrogens is 1450 g/mol. The SMILES string of the molecule is CC1(C)CC23CC(C)(C)c4ccc(cc42)Oc2ccc(cc2C(F)(F)F)-c2ccc(s2)-c2ccc(s2)-c2ccc(c(C(F)(F)F)c2)Oc2ccc4c(c2)C2(CC(C)(C)c5ccc(cc52)Oc2ccc(cc2C(F)(F)F)-c2ccc(s2)-c2ccc(s2)-c2ccc(c(C(F)(F)F)c2)Oc2ccc1c3c2)CC4(C)C. The summed E-state index contributed by atoms with van der Waals surface area (Å²) in [7, 11) is 0. The number of halogens is 12. The Hall–Kier alpha value is -9.08. The fraction of sp³-hybridized carbons (Fsp3) is 0.256. The van der Waals surface area contributed by atoms with Crippen LogP contribution in [0.1, 0.15) is 148 Å². The molecule has 540 valence electrons. The number of ether oxygens (including phenoxy) is 4. The Bertz CT molecular complexity index is 4930. The molecule has 7 aliphatic heterocycles. The molecule has 0 saturated carbocycles. The van der Waals surface area contributed by atoms with Crippen LogP contribution in [0.4, 0.5) is 52.7 Å². The molecule has 0 atom stereocenters. The molecule has 0 N–H and O–H groups in total. The molecule has 23 rings (SSSR count). The Morgan fingerprint density at radius 2 is 0.434 bits per heavy atom. The van der Waals surface area contributed by atoms with Crippen LogP contribution in [0, 0.1) is 0 Å². The first-order chi connectivity index (χ1) is 49.8. The molecule has 24 bridgehead atoms. The van der Waals surface area contributed by atoms with Crippen LogP contribution in [0.15, 0.2) is 194 Å². The van der Waals surface area contributed by atoms with Crippen molar-refractivity contribution in [2.24, 2.45) is 0 Å². The summed E-state index contributed by atoms with van der Waals surface area (Å²) in [4.78, 5) is 4.66. The standard InChI is InChI=1S/C86H64F12O4S4/c1-77(2)41-81-42-78(3,4)54-18-14-50(38-58(54)81)100-66-22-10-46(34-62(66)84(90,91)92)70-26-30-75(104-70)76-32-28-72(106-76)48-12-24-68(64(36-48)86(96,97)98)102-52-16-20-56-60(40-52)82(44-80(56,7)8)43-79(5,6)55-19-15-51(39-59(55)82)101-67-23-11-47(35-63(67)85(93,94)95)71-27-31-74(105-71)73-29-25-69(103-73)45-9-21-65(61(33-45)83(87,88)89)99-49-13-17-53(77)57(81)37-49/h9-40H,41-44H2,1-8H3. The van der Waals surface area contributed by atoms with Gasteiger partial charge in [0.2, 0.25) is 0 Å². The molecule has 0 amide bonds. The highest BCUT2D eigenvalue weighted by atomic mass is 32.1. The lowest BCUT2D eigenvalue weighted by molar-refractivity contribution is -0.139. The highest BCUT2D eigenvalue weighted by molar-refractivity contribution is 7.26. The Kier molecular flexibility index (Phi) is 15.6. The van der Waals surface area contributed by atoms with Crippen LogP contribution in [-0.2, 0) is 57.2 Å². The van der Waals surface area contributed by atoms with Crippen molar-refractivity contribution in [2.75, 3.05) is 0 Å². The van der Waals surface area contributed by atoms with Gasteiger partial charge in [-0.25, -0.2) is 0 Å². The predicted molar refractivity (Wildman–Crippen MR) is 395 cm³/mol. The van der Waals surface area contributed by atoms with Gasteiger partial charge in [0.15, 0.2) is 0 Å². The predicted octanol–water partition coefficient (Wildman–Crippen LogP) is 28.8. The van der Waals surface area contributed by atoms with Crippen molar-refractivity contribution in [3.05, 3.63) is 261 Å². The monoisotopic (exact) mass is 1520 g/mol. The fourth-order valence-electron chi connectivity index (χ4n) is 17.9. The van der Waals surface area contributed by atoms with Gasteiger partial charge in [0.25, 0.3) is 0 Å².